The zero-order valence-corrected chi connectivity index (χ0v) is 14.5. The SMILES string of the molecule is CN(C)CCCNC(=O)c1ccc(COc2c(F)c(F)c(F)c(F)c2F)o1. The van der Waals surface area contributed by atoms with Gasteiger partial charge in [-0.15, -0.1) is 0 Å². The minimum atomic E-state index is -2.27. The van der Waals surface area contributed by atoms with E-state index in [4.69, 9.17) is 4.42 Å². The van der Waals surface area contributed by atoms with Gasteiger partial charge >= 0.3 is 0 Å². The molecule has 1 amide bonds. The van der Waals surface area contributed by atoms with Crippen LogP contribution in [0.15, 0.2) is 16.5 Å². The number of benzene rings is 1. The maximum atomic E-state index is 13.5. The number of rotatable bonds is 8. The molecular weight excluding hydrogens is 375 g/mol. The number of ether oxygens (including phenoxy) is 1. The van der Waals surface area contributed by atoms with E-state index in [9.17, 15) is 26.7 Å². The van der Waals surface area contributed by atoms with Gasteiger partial charge in [-0.2, -0.15) is 8.78 Å². The fraction of sp³-hybridized carbons (Fsp3) is 0.353. The van der Waals surface area contributed by atoms with Crippen LogP contribution in [0.25, 0.3) is 0 Å². The predicted molar refractivity (Wildman–Crippen MR) is 84.8 cm³/mol. The van der Waals surface area contributed by atoms with Gasteiger partial charge in [0.15, 0.2) is 11.5 Å². The first kappa shape index (κ1) is 20.7. The number of halogens is 5. The van der Waals surface area contributed by atoms with Crippen molar-refractivity contribution in [3.05, 3.63) is 52.7 Å². The fourth-order valence-electron chi connectivity index (χ4n) is 2.12. The zero-order valence-electron chi connectivity index (χ0n) is 14.5. The highest BCUT2D eigenvalue weighted by Crippen LogP contribution is 2.29. The first-order valence-corrected chi connectivity index (χ1v) is 7.88. The van der Waals surface area contributed by atoms with Crippen LogP contribution in [-0.4, -0.2) is 38.0 Å². The van der Waals surface area contributed by atoms with Crippen molar-refractivity contribution in [1.82, 2.24) is 10.2 Å². The minimum Gasteiger partial charge on any atom is -0.479 e. The van der Waals surface area contributed by atoms with Crippen molar-refractivity contribution in [2.75, 3.05) is 27.2 Å². The van der Waals surface area contributed by atoms with Crippen LogP contribution in [-0.2, 0) is 6.61 Å². The number of hydrogen-bond donors (Lipinski definition) is 1. The Kier molecular flexibility index (Phi) is 6.78. The van der Waals surface area contributed by atoms with Crippen LogP contribution >= 0.6 is 0 Å². The lowest BCUT2D eigenvalue weighted by molar-refractivity contribution is 0.0920. The predicted octanol–water partition coefficient (Wildman–Crippen LogP) is 3.24. The first-order valence-electron chi connectivity index (χ1n) is 7.88. The fourth-order valence-corrected chi connectivity index (χ4v) is 2.12. The van der Waals surface area contributed by atoms with Gasteiger partial charge in [0.1, 0.15) is 12.4 Å². The molecule has 148 valence electrons. The molecule has 0 aliphatic carbocycles. The average Bonchev–Trinajstić information content (AvgIpc) is 3.10. The molecule has 27 heavy (non-hydrogen) atoms. The molecule has 2 rings (SSSR count). The lowest BCUT2D eigenvalue weighted by atomic mass is 10.2. The topological polar surface area (TPSA) is 54.7 Å². The Bertz CT molecular complexity index is 794. The Labute approximate surface area is 151 Å². The van der Waals surface area contributed by atoms with E-state index in [2.05, 4.69) is 10.1 Å². The Morgan fingerprint density at radius 2 is 1.63 bits per heavy atom. The molecule has 0 saturated carbocycles. The summed E-state index contributed by atoms with van der Waals surface area (Å²) in [7, 11) is 3.79. The number of amides is 1. The third-order valence-corrected chi connectivity index (χ3v) is 3.48. The van der Waals surface area contributed by atoms with Crippen LogP contribution < -0.4 is 10.1 Å². The summed E-state index contributed by atoms with van der Waals surface area (Å²) in [6, 6.07) is 2.60. The van der Waals surface area contributed by atoms with Gasteiger partial charge < -0.3 is 19.4 Å². The van der Waals surface area contributed by atoms with E-state index < -0.39 is 47.3 Å². The summed E-state index contributed by atoms with van der Waals surface area (Å²) < 4.78 is 76.1. The van der Waals surface area contributed by atoms with E-state index in [1.54, 1.807) is 0 Å². The summed E-state index contributed by atoms with van der Waals surface area (Å²) in [6.45, 7) is 0.555. The molecule has 0 unspecified atom stereocenters. The smallest absolute Gasteiger partial charge is 0.286 e. The van der Waals surface area contributed by atoms with E-state index in [1.807, 2.05) is 19.0 Å². The number of nitrogens with one attached hydrogen (secondary N) is 1. The van der Waals surface area contributed by atoms with Gasteiger partial charge in [-0.3, -0.25) is 4.79 Å². The molecule has 0 fully saturated rings. The summed E-state index contributed by atoms with van der Waals surface area (Å²) >= 11 is 0. The summed E-state index contributed by atoms with van der Waals surface area (Å²) in [4.78, 5) is 13.8. The van der Waals surface area contributed by atoms with Crippen molar-refractivity contribution in [2.24, 2.45) is 0 Å². The highest BCUT2D eigenvalue weighted by atomic mass is 19.2. The van der Waals surface area contributed by atoms with E-state index >= 15 is 0 Å². The summed E-state index contributed by atoms with van der Waals surface area (Å²) in [6.07, 6.45) is 0.718. The molecule has 0 saturated heterocycles. The number of furan rings is 1. The Hall–Kier alpha value is -2.62. The molecule has 5 nitrogen and oxygen atoms in total. The second kappa shape index (κ2) is 8.85. The second-order valence-electron chi connectivity index (χ2n) is 5.87. The zero-order chi connectivity index (χ0) is 20.1. The monoisotopic (exact) mass is 392 g/mol. The quantitative estimate of drug-likeness (QED) is 0.324. The molecule has 0 aliphatic rings. The Morgan fingerprint density at radius 1 is 1.04 bits per heavy atom. The van der Waals surface area contributed by atoms with Crippen LogP contribution in [0.3, 0.4) is 0 Å². The van der Waals surface area contributed by atoms with Gasteiger partial charge in [0, 0.05) is 6.54 Å². The molecule has 1 N–H and O–H groups in total. The molecule has 1 aromatic heterocycles. The van der Waals surface area contributed by atoms with Crippen molar-refractivity contribution in [3.8, 4) is 5.75 Å². The Morgan fingerprint density at radius 3 is 2.22 bits per heavy atom. The number of nitrogens with zero attached hydrogens (tertiary/aromatic N) is 1. The van der Waals surface area contributed by atoms with Gasteiger partial charge in [0.05, 0.1) is 0 Å². The van der Waals surface area contributed by atoms with Gasteiger partial charge in [0.25, 0.3) is 5.91 Å². The van der Waals surface area contributed by atoms with Crippen LogP contribution in [0.4, 0.5) is 22.0 Å². The molecule has 2 aromatic rings. The van der Waals surface area contributed by atoms with Crippen LogP contribution in [0.2, 0.25) is 0 Å². The van der Waals surface area contributed by atoms with Crippen molar-refractivity contribution < 1.29 is 35.9 Å². The molecule has 0 bridgehead atoms. The van der Waals surface area contributed by atoms with E-state index in [-0.39, 0.29) is 11.5 Å². The standard InChI is InChI=1S/C17H17F5N2O3/c1-24(2)7-3-6-23-17(25)10-5-4-9(27-10)8-26-16-14(21)12(19)11(18)13(20)15(16)22/h4-5H,3,6-8H2,1-2H3,(H,23,25). The molecule has 0 radical (unpaired) electrons. The lowest BCUT2D eigenvalue weighted by Crippen LogP contribution is -2.26. The maximum Gasteiger partial charge on any atom is 0.286 e. The second-order valence-corrected chi connectivity index (χ2v) is 5.87. The molecule has 0 spiro atoms. The average molecular weight is 392 g/mol. The van der Waals surface area contributed by atoms with Gasteiger partial charge in [-0.05, 0) is 39.2 Å². The van der Waals surface area contributed by atoms with Gasteiger partial charge in [-0.25, -0.2) is 13.2 Å². The van der Waals surface area contributed by atoms with Crippen molar-refractivity contribution in [2.45, 2.75) is 13.0 Å². The first-order chi connectivity index (χ1) is 12.7. The number of hydrogen-bond acceptors (Lipinski definition) is 4. The number of carbonyl (C=O) groups excluding carboxylic acids is 1. The Balaban J connectivity index is 1.98. The molecular formula is C17H17F5N2O3. The molecule has 0 atom stereocenters. The van der Waals surface area contributed by atoms with E-state index in [0.717, 1.165) is 13.0 Å². The molecule has 10 heteroatoms. The third kappa shape index (κ3) is 4.97. The van der Waals surface area contributed by atoms with Crippen molar-refractivity contribution in [3.63, 3.8) is 0 Å². The molecule has 0 aliphatic heterocycles. The molecule has 1 heterocycles. The summed E-state index contributed by atoms with van der Waals surface area (Å²) in [5.74, 6) is -12.7. The van der Waals surface area contributed by atoms with E-state index in [0.29, 0.717) is 6.54 Å². The van der Waals surface area contributed by atoms with Crippen LogP contribution in [0.5, 0.6) is 5.75 Å². The third-order valence-electron chi connectivity index (χ3n) is 3.48. The lowest BCUT2D eigenvalue weighted by Gasteiger charge is -2.09. The highest BCUT2D eigenvalue weighted by Gasteiger charge is 2.27. The van der Waals surface area contributed by atoms with Crippen molar-refractivity contribution in [1.29, 1.82) is 0 Å². The van der Waals surface area contributed by atoms with Crippen LogP contribution in [0.1, 0.15) is 22.7 Å². The highest BCUT2D eigenvalue weighted by molar-refractivity contribution is 5.91. The minimum absolute atomic E-state index is 0.0302. The molecule has 1 aromatic carbocycles. The largest absolute Gasteiger partial charge is 0.479 e. The van der Waals surface area contributed by atoms with Crippen molar-refractivity contribution >= 4 is 5.91 Å². The normalized spacial score (nSPS) is 11.1. The number of carbonyl (C=O) groups is 1. The summed E-state index contributed by atoms with van der Waals surface area (Å²) in [5, 5.41) is 2.62. The maximum absolute atomic E-state index is 13.5. The van der Waals surface area contributed by atoms with Gasteiger partial charge in [0.2, 0.25) is 29.1 Å². The van der Waals surface area contributed by atoms with Crippen LogP contribution in [0, 0.1) is 29.1 Å². The summed E-state index contributed by atoms with van der Waals surface area (Å²) in [5.41, 5.74) is 0. The van der Waals surface area contributed by atoms with E-state index in [1.165, 1.54) is 12.1 Å². The van der Waals surface area contributed by atoms with Gasteiger partial charge in [-0.1, -0.05) is 0 Å².